The highest BCUT2D eigenvalue weighted by Crippen LogP contribution is 2.36. The molecule has 114 heavy (non-hydrogen) atoms. The number of alkyl carbamates (subject to hydrolysis) is 2. The lowest BCUT2D eigenvalue weighted by molar-refractivity contribution is -0.142. The number of ketones is 2. The van der Waals surface area contributed by atoms with Crippen LogP contribution >= 0.6 is 40.5 Å². The van der Waals surface area contributed by atoms with Crippen molar-refractivity contribution < 1.29 is 67.3 Å². The number of aromatic nitrogens is 4. The third kappa shape index (κ3) is 37.1. The number of benzene rings is 2. The Morgan fingerprint density at radius 2 is 0.798 bits per heavy atom. The first-order chi connectivity index (χ1) is 50.3. The molecule has 0 radical (unpaired) electrons. The van der Waals surface area contributed by atoms with Gasteiger partial charge in [0.05, 0.1) is 35.8 Å². The summed E-state index contributed by atoms with van der Waals surface area (Å²) in [5, 5.41) is 20.1. The lowest BCUT2D eigenvalue weighted by atomic mass is 9.76. The first-order valence-corrected chi connectivity index (χ1v) is 37.8. The first-order valence-electron chi connectivity index (χ1n) is 37.8. The number of nitrogens with zero attached hydrogens (tertiary/aromatic N) is 9. The maximum Gasteiger partial charge on any atom is 0.410 e. The molecule has 7 amide bonds. The largest absolute Gasteiger partial charge is 0.480 e. The molecule has 4 heterocycles. The van der Waals surface area contributed by atoms with Gasteiger partial charge in [0.15, 0.2) is 11.6 Å². The van der Waals surface area contributed by atoms with Crippen LogP contribution in [-0.4, -0.2) is 227 Å². The summed E-state index contributed by atoms with van der Waals surface area (Å²) >= 11 is 0. The predicted octanol–water partition coefficient (Wildman–Crippen LogP) is 12.2. The molecule has 0 bridgehead atoms. The number of nitrogens with one attached hydrogen (secondary N) is 4. The molecular formula is C83H146N14O14S3. The molecule has 0 saturated carbocycles. The molecule has 0 spiro atoms. The van der Waals surface area contributed by atoms with Crippen LogP contribution in [0, 0.1) is 38.9 Å². The number of ether oxygens (including phenoxy) is 3. The Kier molecular flexibility index (Phi) is 44.8. The molecule has 0 saturated heterocycles. The van der Waals surface area contributed by atoms with E-state index in [0.29, 0.717) is 42.5 Å². The van der Waals surface area contributed by atoms with Crippen LogP contribution in [0.15, 0.2) is 60.7 Å². The van der Waals surface area contributed by atoms with Gasteiger partial charge in [0, 0.05) is 113 Å². The molecule has 0 fully saturated rings. The minimum atomic E-state index is -1.07. The number of imidazole rings is 2. The zero-order chi connectivity index (χ0) is 86.4. The number of amides is 7. The third-order valence-electron chi connectivity index (χ3n) is 17.1. The monoisotopic (exact) mass is 1660 g/mol. The van der Waals surface area contributed by atoms with Crippen LogP contribution < -0.4 is 27.0 Å². The summed E-state index contributed by atoms with van der Waals surface area (Å²) < 4.78 is 19.9. The first kappa shape index (κ1) is 110. The van der Waals surface area contributed by atoms with Crippen molar-refractivity contribution in [2.24, 2.45) is 44.6 Å². The van der Waals surface area contributed by atoms with Crippen LogP contribution in [0.1, 0.15) is 211 Å². The average Bonchev–Trinajstić information content (AvgIpc) is 1.62. The van der Waals surface area contributed by atoms with Gasteiger partial charge < -0.3 is 80.0 Å². The van der Waals surface area contributed by atoms with E-state index in [9.17, 15) is 47.9 Å². The fourth-order valence-electron chi connectivity index (χ4n) is 11.0. The van der Waals surface area contributed by atoms with E-state index in [0.717, 1.165) is 35.7 Å². The van der Waals surface area contributed by atoms with E-state index < -0.39 is 75.9 Å². The Hall–Kier alpha value is -7.71. The van der Waals surface area contributed by atoms with Gasteiger partial charge in [0.2, 0.25) is 23.6 Å². The van der Waals surface area contributed by atoms with Crippen molar-refractivity contribution >= 4 is 99.9 Å². The predicted molar refractivity (Wildman–Crippen MR) is 469 cm³/mol. The van der Waals surface area contributed by atoms with Crippen LogP contribution in [0.2, 0.25) is 0 Å². The number of aliphatic carboxylic acids is 1. The number of fused-ring (bicyclic) bond motifs is 2. The molecule has 0 unspecified atom stereocenters. The quantitative estimate of drug-likeness (QED) is 0.0475. The smallest absolute Gasteiger partial charge is 0.410 e. The normalized spacial score (nSPS) is 13.9. The number of nitrogens with two attached hydrogens (primary N) is 1. The molecule has 650 valence electrons. The second-order valence-corrected chi connectivity index (χ2v) is 37.2. The van der Waals surface area contributed by atoms with Crippen LogP contribution in [0.3, 0.4) is 0 Å². The van der Waals surface area contributed by atoms with Crippen LogP contribution in [0.5, 0.6) is 0 Å². The van der Waals surface area contributed by atoms with Crippen LogP contribution in [0.25, 0.3) is 22.8 Å². The fraction of sp³-hybridized carbons (Fsp3) is 0.663. The topological polar surface area (TPSA) is 345 Å². The number of hydrogen-bond donors (Lipinski definition) is 6. The Morgan fingerprint density at radius 3 is 1.10 bits per heavy atom. The van der Waals surface area contributed by atoms with E-state index in [1.165, 1.54) is 14.7 Å². The number of likely N-dealkylation sites (N-methyl/N-ethyl adjacent to an activating group) is 2. The van der Waals surface area contributed by atoms with Gasteiger partial charge in [-0.3, -0.25) is 28.8 Å². The van der Waals surface area contributed by atoms with Gasteiger partial charge in [0.25, 0.3) is 0 Å². The molecule has 5 atom stereocenters. The lowest BCUT2D eigenvalue weighted by Gasteiger charge is -2.33. The zero-order valence-electron chi connectivity index (χ0n) is 75.2. The molecule has 7 N–H and O–H groups in total. The van der Waals surface area contributed by atoms with Gasteiger partial charge in [-0.1, -0.05) is 165 Å². The van der Waals surface area contributed by atoms with Crippen molar-refractivity contribution in [3.63, 3.8) is 0 Å². The molecule has 0 aliphatic carbocycles. The maximum atomic E-state index is 13.7. The van der Waals surface area contributed by atoms with E-state index in [4.69, 9.17) is 35.0 Å². The van der Waals surface area contributed by atoms with Crippen molar-refractivity contribution in [1.29, 1.82) is 0 Å². The molecule has 28 nitrogen and oxygen atoms in total. The van der Waals surface area contributed by atoms with Crippen molar-refractivity contribution in [2.45, 2.75) is 240 Å². The van der Waals surface area contributed by atoms with Crippen LogP contribution in [-0.2, 0) is 64.4 Å². The molecule has 6 rings (SSSR count). The minimum Gasteiger partial charge on any atom is -0.480 e. The molecule has 2 aliphatic heterocycles. The lowest BCUT2D eigenvalue weighted by Crippen LogP contribution is -2.54. The van der Waals surface area contributed by atoms with E-state index in [1.807, 2.05) is 183 Å². The van der Waals surface area contributed by atoms with Crippen LogP contribution in [0.4, 0.5) is 14.4 Å². The summed E-state index contributed by atoms with van der Waals surface area (Å²) in [6.07, 6.45) is -1.49. The van der Waals surface area contributed by atoms with Gasteiger partial charge in [0.1, 0.15) is 51.9 Å². The van der Waals surface area contributed by atoms with Gasteiger partial charge in [-0.05, 0) is 103 Å². The molecule has 2 aromatic carbocycles. The molecule has 2 aliphatic rings. The van der Waals surface area contributed by atoms with Gasteiger partial charge in [-0.2, -0.15) is 40.5 Å². The van der Waals surface area contributed by atoms with Crippen molar-refractivity contribution in [2.75, 3.05) is 83.6 Å². The second-order valence-electron chi connectivity index (χ2n) is 37.2. The average molecular weight is 1660 g/mol. The number of carboxylic acid groups (broad SMARTS) is 1. The van der Waals surface area contributed by atoms with E-state index >= 15 is 0 Å². The van der Waals surface area contributed by atoms with Crippen molar-refractivity contribution in [3.8, 4) is 22.8 Å². The zero-order valence-corrected chi connectivity index (χ0v) is 78.2. The Balaban J connectivity index is -0.00000140. The summed E-state index contributed by atoms with van der Waals surface area (Å²) in [5.74, 6) is -0.957. The molecule has 4 aromatic rings. The van der Waals surface area contributed by atoms with Crippen molar-refractivity contribution in [3.05, 3.63) is 83.4 Å². The highest BCUT2D eigenvalue weighted by atomic mass is 32.1. The van der Waals surface area contributed by atoms with Gasteiger partial charge in [-0.15, -0.1) is 0 Å². The SMILES string of the molecule is CC(C)(C)OC(=O)N[C@H](C(=O)O)C(C)(C)C.CN(C)C(=O)[C@@H](CC(=O)c1nc(-c2ccccc2)n2c1CN(C(=O)OC(C)(C)C)CC2)C(C)(C)C.CN(C)C(=O)[C@@H](CC(=O)c1nc(-c2ccccc2)n2c1CNCC2)C(C)(C)C.CN(C)C(=O)[C@@H](N)C(C)(C)C.CN(C)C(=O)[C@@H](NC(=O)OC(C)(C)C)C(C)(C)C.CNC.S.S.S. The highest BCUT2D eigenvalue weighted by Gasteiger charge is 2.41. The summed E-state index contributed by atoms with van der Waals surface area (Å²) in [7, 11) is 17.4. The summed E-state index contributed by atoms with van der Waals surface area (Å²) in [6.45, 7) is 48.1. The summed E-state index contributed by atoms with van der Waals surface area (Å²) in [6, 6.07) is 17.7. The standard InChI is InChI=1S/C27H38N4O4.C22H30N4O2.C13H26N2O3.C11H21NO4.C8H18N2O.C2H7N.3H2S/c1-26(2,3)19(24(33)29(7)8)16-21(32)22-20-17-30(25(34)35-27(4,5)6)14-15-31(20)23(28-22)18-12-10-9-11-13-18;1-22(2,3)16(21(28)25(4)5)13-18(27)19-17-14-23-11-12-26(17)20(24-19)15-9-7-6-8-10-15;1-12(2,3)9(10(16)15(7)8)14-11(17)18-13(4,5)6;1-10(2,3)7(8(13)14)12-9(15)16-11(4,5)6;1-8(2,3)6(9)7(11)10(4)5;1-3-2;;;/h9-13,19H,14-17H2,1-8H3;6-10,16,23H,11-14H2,1-5H3;9H,1-8H3,(H,14,17);7H,1-6H3,(H,12,15)(H,13,14);6H,9H2,1-5H3;3H,1-2H3;3*1H2/t19-;16-;9-;7-;6-;;;;/m11111..../s1. The number of Topliss-reactive ketones (excluding diaryl/α,β-unsaturated/α-hetero) is 2. The highest BCUT2D eigenvalue weighted by molar-refractivity contribution is 7.59. The second kappa shape index (κ2) is 46.3. The van der Waals surface area contributed by atoms with E-state index in [-0.39, 0.29) is 117 Å². The Morgan fingerprint density at radius 1 is 0.465 bits per heavy atom. The number of carbonyl (C=O) groups is 10. The maximum absolute atomic E-state index is 13.7. The molecule has 2 aromatic heterocycles. The van der Waals surface area contributed by atoms with Gasteiger partial charge >= 0.3 is 24.2 Å². The number of hydrogen-bond acceptors (Lipinski definition) is 18. The molecular weight excluding hydrogens is 1510 g/mol. The summed E-state index contributed by atoms with van der Waals surface area (Å²) in [5.41, 5.74) is 6.38. The Bertz CT molecular complexity index is 3730. The Labute approximate surface area is 702 Å². The minimum absolute atomic E-state index is 0. The number of carboxylic acids is 1. The summed E-state index contributed by atoms with van der Waals surface area (Å²) in [4.78, 5) is 140. The van der Waals surface area contributed by atoms with E-state index in [2.05, 4.69) is 25.8 Å². The number of carbonyl (C=O) groups excluding carboxylic acids is 9. The van der Waals surface area contributed by atoms with Gasteiger partial charge in [-0.25, -0.2) is 29.1 Å². The van der Waals surface area contributed by atoms with E-state index in [1.54, 1.807) is 128 Å². The fourth-order valence-corrected chi connectivity index (χ4v) is 11.0. The number of rotatable bonds is 15. The molecule has 31 heteroatoms. The third-order valence-corrected chi connectivity index (χ3v) is 17.1. The van der Waals surface area contributed by atoms with Crippen molar-refractivity contribution in [1.82, 2.24) is 64.9 Å².